The molecule has 0 unspecified atom stereocenters. The van der Waals surface area contributed by atoms with E-state index in [1.165, 1.54) is 11.8 Å². The van der Waals surface area contributed by atoms with Crippen molar-refractivity contribution in [1.29, 1.82) is 0 Å². The molecule has 0 aliphatic carbocycles. The molecule has 3 aliphatic heterocycles. The van der Waals surface area contributed by atoms with Crippen LogP contribution in [-0.2, 0) is 14.3 Å². The predicted molar refractivity (Wildman–Crippen MR) is 104 cm³/mol. The largest absolute Gasteiger partial charge is 0.393 e. The van der Waals surface area contributed by atoms with Crippen molar-refractivity contribution in [2.75, 3.05) is 19.0 Å². The topological polar surface area (TPSA) is 165 Å². The number of aldehydes is 1. The lowest BCUT2D eigenvalue weighted by atomic mass is 9.83. The Morgan fingerprint density at radius 1 is 1.37 bits per heavy atom. The first-order valence-corrected chi connectivity index (χ1v) is 10.3. The first kappa shape index (κ1) is 22.7. The van der Waals surface area contributed by atoms with E-state index in [4.69, 9.17) is 4.74 Å². The van der Waals surface area contributed by atoms with Crippen LogP contribution in [0.3, 0.4) is 0 Å². The second kappa shape index (κ2) is 8.25. The number of thioether (sulfide) groups is 1. The quantitative estimate of drug-likeness (QED) is 0.215. The summed E-state index contributed by atoms with van der Waals surface area (Å²) in [5.74, 6) is -2.56. The van der Waals surface area contributed by atoms with E-state index in [9.17, 15) is 34.8 Å². The summed E-state index contributed by atoms with van der Waals surface area (Å²) in [4.78, 5) is 37.3. The number of hydrogen-bond acceptors (Lipinski definition) is 9. The maximum absolute atomic E-state index is 12.8. The molecule has 4 rings (SSSR count). The highest BCUT2D eigenvalue weighted by molar-refractivity contribution is 7.99. The minimum Gasteiger partial charge on any atom is -0.393 e. The minimum absolute atomic E-state index is 0.117. The van der Waals surface area contributed by atoms with Crippen LogP contribution in [0.15, 0.2) is 29.2 Å². The van der Waals surface area contributed by atoms with Crippen LogP contribution in [-0.4, -0.2) is 80.6 Å². The number of benzene rings is 1. The van der Waals surface area contributed by atoms with Crippen LogP contribution < -0.4 is 10.6 Å². The summed E-state index contributed by atoms with van der Waals surface area (Å²) in [5.41, 5.74) is -6.28. The first-order valence-electron chi connectivity index (χ1n) is 9.30. The summed E-state index contributed by atoms with van der Waals surface area (Å²) < 4.78 is 5.52. The number of piperazine rings is 1. The SMILES string of the molecule is C[C@](O)(CO)[C@H](O)[C@@]12NC(=O)[C@@](O)(NC1=O)[C@H](CSc1cccc(C=O)c1)CCO2. The van der Waals surface area contributed by atoms with Crippen molar-refractivity contribution in [2.45, 2.75) is 41.4 Å². The summed E-state index contributed by atoms with van der Waals surface area (Å²) in [7, 11) is 0. The van der Waals surface area contributed by atoms with E-state index >= 15 is 0 Å². The lowest BCUT2D eigenvalue weighted by molar-refractivity contribution is -0.240. The van der Waals surface area contributed by atoms with Gasteiger partial charge in [-0.2, -0.15) is 0 Å². The van der Waals surface area contributed by atoms with E-state index < -0.39 is 47.5 Å². The maximum Gasteiger partial charge on any atom is 0.278 e. The Morgan fingerprint density at radius 3 is 2.77 bits per heavy atom. The standard InChI is InChI=1S/C19H24N2O8S/c1-17(27,10-23)14(24)19-16(26)20-18(28,15(25)21-19)12(5-6-29-19)9-30-13-4-2-3-11(7-13)8-22/h2-4,7-8,12,14,23-24,27-28H,5-6,9-10H2,1H3,(H,20,26)(H,21,25)/t12-,14-,17-,18+,19-/m0/s1. The average Bonchev–Trinajstić information content (AvgIpc) is 2.72. The molecular formula is C19H24N2O8S. The van der Waals surface area contributed by atoms with Gasteiger partial charge in [0, 0.05) is 22.1 Å². The molecular weight excluding hydrogens is 416 g/mol. The zero-order valence-electron chi connectivity index (χ0n) is 16.2. The monoisotopic (exact) mass is 440 g/mol. The van der Waals surface area contributed by atoms with Crippen LogP contribution in [0.25, 0.3) is 0 Å². The predicted octanol–water partition coefficient (Wildman–Crippen LogP) is -1.64. The molecule has 0 saturated carbocycles. The van der Waals surface area contributed by atoms with Crippen molar-refractivity contribution in [2.24, 2.45) is 5.92 Å². The van der Waals surface area contributed by atoms with Crippen LogP contribution in [0.2, 0.25) is 0 Å². The van der Waals surface area contributed by atoms with Gasteiger partial charge in [0.15, 0.2) is 0 Å². The molecule has 10 nitrogen and oxygen atoms in total. The Bertz CT molecular complexity index is 850. The maximum atomic E-state index is 12.8. The lowest BCUT2D eigenvalue weighted by Gasteiger charge is -2.51. The van der Waals surface area contributed by atoms with Gasteiger partial charge in [0.25, 0.3) is 17.5 Å². The molecule has 5 atom stereocenters. The van der Waals surface area contributed by atoms with Gasteiger partial charge in [-0.3, -0.25) is 14.4 Å². The number of fused-ring (bicyclic) bond motifs is 5. The van der Waals surface area contributed by atoms with E-state index in [1.54, 1.807) is 24.3 Å². The summed E-state index contributed by atoms with van der Waals surface area (Å²) in [6.45, 7) is 0.0711. The molecule has 2 bridgehead atoms. The Morgan fingerprint density at radius 2 is 2.10 bits per heavy atom. The highest BCUT2D eigenvalue weighted by Crippen LogP contribution is 2.36. The Kier molecular flexibility index (Phi) is 6.23. The lowest BCUT2D eigenvalue weighted by Crippen LogP contribution is -2.83. The molecule has 0 spiro atoms. The van der Waals surface area contributed by atoms with Gasteiger partial charge in [0.1, 0.15) is 18.0 Å². The number of rotatable bonds is 7. The number of ether oxygens (including phenoxy) is 1. The van der Waals surface area contributed by atoms with Gasteiger partial charge in [-0.1, -0.05) is 12.1 Å². The van der Waals surface area contributed by atoms with Gasteiger partial charge < -0.3 is 35.8 Å². The van der Waals surface area contributed by atoms with Crippen LogP contribution in [0.1, 0.15) is 23.7 Å². The highest BCUT2D eigenvalue weighted by atomic mass is 32.2. The fourth-order valence-corrected chi connectivity index (χ4v) is 4.67. The Labute approximate surface area is 176 Å². The molecule has 3 saturated heterocycles. The molecule has 3 heterocycles. The minimum atomic E-state index is -2.36. The third kappa shape index (κ3) is 3.84. The highest BCUT2D eigenvalue weighted by Gasteiger charge is 2.64. The fourth-order valence-electron chi connectivity index (χ4n) is 3.48. The number of carbonyl (C=O) groups is 3. The fraction of sp³-hybridized carbons (Fsp3) is 0.526. The summed E-state index contributed by atoms with van der Waals surface area (Å²) in [6, 6.07) is 6.80. The average molecular weight is 440 g/mol. The van der Waals surface area contributed by atoms with E-state index in [0.29, 0.717) is 11.8 Å². The van der Waals surface area contributed by atoms with Crippen LogP contribution in [0.4, 0.5) is 0 Å². The molecule has 0 aromatic heterocycles. The van der Waals surface area contributed by atoms with E-state index in [1.807, 2.05) is 0 Å². The number of aliphatic hydroxyl groups is 4. The number of carbonyl (C=O) groups excluding carboxylic acids is 3. The van der Waals surface area contributed by atoms with Crippen molar-refractivity contribution in [1.82, 2.24) is 10.6 Å². The molecule has 6 N–H and O–H groups in total. The smallest absolute Gasteiger partial charge is 0.278 e. The van der Waals surface area contributed by atoms with E-state index in [2.05, 4.69) is 10.6 Å². The van der Waals surface area contributed by atoms with Gasteiger partial charge >= 0.3 is 0 Å². The van der Waals surface area contributed by atoms with Gasteiger partial charge in [0.2, 0.25) is 5.72 Å². The molecule has 164 valence electrons. The number of amides is 2. The van der Waals surface area contributed by atoms with Crippen LogP contribution in [0, 0.1) is 5.92 Å². The number of aliphatic hydroxyl groups excluding tert-OH is 2. The van der Waals surface area contributed by atoms with Crippen molar-refractivity contribution in [3.63, 3.8) is 0 Å². The summed E-state index contributed by atoms with van der Waals surface area (Å²) in [6.07, 6.45) is -1.14. The van der Waals surface area contributed by atoms with Crippen LogP contribution >= 0.6 is 11.8 Å². The molecule has 30 heavy (non-hydrogen) atoms. The first-order chi connectivity index (χ1) is 14.1. The number of nitrogens with one attached hydrogen (secondary N) is 2. The zero-order chi connectivity index (χ0) is 22.2. The Hall–Kier alpha value is -2.02. The van der Waals surface area contributed by atoms with Gasteiger partial charge in [-0.05, 0) is 25.5 Å². The Balaban J connectivity index is 1.83. The molecule has 3 fully saturated rings. The van der Waals surface area contributed by atoms with E-state index in [0.717, 1.165) is 11.8 Å². The molecule has 2 amide bonds. The van der Waals surface area contributed by atoms with Crippen LogP contribution in [0.5, 0.6) is 0 Å². The molecule has 1 aromatic carbocycles. The second-order valence-corrected chi connectivity index (χ2v) is 8.76. The normalized spacial score (nSPS) is 31.7. The molecule has 11 heteroatoms. The number of hydrogen-bond donors (Lipinski definition) is 6. The summed E-state index contributed by atoms with van der Waals surface area (Å²) >= 11 is 1.30. The van der Waals surface area contributed by atoms with Crippen molar-refractivity contribution >= 4 is 29.9 Å². The third-order valence-corrected chi connectivity index (χ3v) is 6.57. The van der Waals surface area contributed by atoms with Crippen molar-refractivity contribution in [3.05, 3.63) is 29.8 Å². The molecule has 3 aliphatic rings. The van der Waals surface area contributed by atoms with Crippen molar-refractivity contribution < 1.29 is 39.5 Å². The van der Waals surface area contributed by atoms with Gasteiger partial charge in [-0.15, -0.1) is 11.8 Å². The van der Waals surface area contributed by atoms with E-state index in [-0.39, 0.29) is 18.8 Å². The second-order valence-electron chi connectivity index (χ2n) is 7.66. The van der Waals surface area contributed by atoms with Gasteiger partial charge in [0.05, 0.1) is 13.2 Å². The summed E-state index contributed by atoms with van der Waals surface area (Å²) in [5, 5.41) is 45.5. The van der Waals surface area contributed by atoms with Crippen molar-refractivity contribution in [3.8, 4) is 0 Å². The molecule has 0 radical (unpaired) electrons. The van der Waals surface area contributed by atoms with Gasteiger partial charge in [-0.25, -0.2) is 0 Å². The third-order valence-electron chi connectivity index (χ3n) is 5.41. The zero-order valence-corrected chi connectivity index (χ0v) is 17.0. The molecule has 1 aromatic rings.